The zero-order chi connectivity index (χ0) is 22.2. The zero-order valence-corrected chi connectivity index (χ0v) is 18.0. The van der Waals surface area contributed by atoms with Crippen molar-refractivity contribution in [3.8, 4) is 0 Å². The summed E-state index contributed by atoms with van der Waals surface area (Å²) in [7, 11) is -4.00. The van der Waals surface area contributed by atoms with E-state index in [4.69, 9.17) is 0 Å². The lowest BCUT2D eigenvalue weighted by atomic mass is 10.1. The second kappa shape index (κ2) is 8.30. The fourth-order valence-electron chi connectivity index (χ4n) is 3.64. The number of piperazine rings is 1. The summed E-state index contributed by atoms with van der Waals surface area (Å²) in [5.74, 6) is -0.483. The third kappa shape index (κ3) is 4.56. The summed E-state index contributed by atoms with van der Waals surface area (Å²) < 4.78 is 41.6. The minimum Gasteiger partial charge on any atom is -0.339 e. The molecule has 0 atom stereocenters. The second-order valence-electron chi connectivity index (χ2n) is 7.95. The van der Waals surface area contributed by atoms with Gasteiger partial charge < -0.3 is 9.80 Å². The molecule has 1 heterocycles. The summed E-state index contributed by atoms with van der Waals surface area (Å²) >= 11 is 0. The van der Waals surface area contributed by atoms with Gasteiger partial charge in [-0.15, -0.1) is 0 Å². The van der Waals surface area contributed by atoms with Crippen molar-refractivity contribution in [3.05, 3.63) is 59.4 Å². The fraction of sp³-hybridized carbons (Fsp3) is 0.364. The van der Waals surface area contributed by atoms with Crippen LogP contribution in [0.15, 0.2) is 47.4 Å². The summed E-state index contributed by atoms with van der Waals surface area (Å²) in [5.41, 5.74) is 0.601. The summed E-state index contributed by atoms with van der Waals surface area (Å²) in [6.45, 7) is 3.23. The predicted molar refractivity (Wildman–Crippen MR) is 114 cm³/mol. The number of hydrogen-bond donors (Lipinski definition) is 1. The Bertz CT molecular complexity index is 1120. The van der Waals surface area contributed by atoms with Gasteiger partial charge in [-0.25, -0.2) is 12.8 Å². The Balaban J connectivity index is 1.50. The molecule has 1 N–H and O–H groups in total. The van der Waals surface area contributed by atoms with Crippen molar-refractivity contribution in [3.63, 3.8) is 0 Å². The van der Waals surface area contributed by atoms with E-state index in [1.165, 1.54) is 25.1 Å². The molecule has 0 unspecified atom stereocenters. The van der Waals surface area contributed by atoms with Crippen LogP contribution in [0, 0.1) is 18.7 Å². The number of carbonyl (C=O) groups is 2. The molecule has 31 heavy (non-hydrogen) atoms. The molecule has 1 saturated carbocycles. The molecule has 2 aliphatic rings. The SMILES string of the molecule is Cc1cc(S(=O)(=O)Nc2ccccc2C(=O)N2CCN(C(=O)C3CC3)CC2)ccc1F. The number of halogens is 1. The van der Waals surface area contributed by atoms with Crippen molar-refractivity contribution in [1.29, 1.82) is 0 Å². The molecule has 0 bridgehead atoms. The average Bonchev–Trinajstić information content (AvgIpc) is 3.60. The number of nitrogens with zero attached hydrogens (tertiary/aromatic N) is 2. The van der Waals surface area contributed by atoms with E-state index in [2.05, 4.69) is 4.72 Å². The van der Waals surface area contributed by atoms with E-state index in [1.807, 2.05) is 0 Å². The maximum atomic E-state index is 13.5. The maximum absolute atomic E-state index is 13.5. The molecule has 2 amide bonds. The zero-order valence-electron chi connectivity index (χ0n) is 17.2. The highest BCUT2D eigenvalue weighted by atomic mass is 32.2. The Hall–Kier alpha value is -2.94. The third-order valence-corrected chi connectivity index (χ3v) is 7.01. The van der Waals surface area contributed by atoms with Crippen molar-refractivity contribution in [2.24, 2.45) is 5.92 Å². The standard InChI is InChI=1S/C22H24FN3O4S/c1-15-14-17(8-9-19(15)23)31(29,30)24-20-5-3-2-4-18(20)22(28)26-12-10-25(11-13-26)21(27)16-6-7-16/h2-5,8-9,14,16,24H,6-7,10-13H2,1H3. The Morgan fingerprint density at radius 3 is 2.29 bits per heavy atom. The van der Waals surface area contributed by atoms with Crippen molar-refractivity contribution in [2.75, 3.05) is 30.9 Å². The van der Waals surface area contributed by atoms with Crippen LogP contribution in [0.25, 0.3) is 0 Å². The maximum Gasteiger partial charge on any atom is 0.261 e. The number of nitrogens with one attached hydrogen (secondary N) is 1. The van der Waals surface area contributed by atoms with E-state index in [0.29, 0.717) is 26.2 Å². The van der Waals surface area contributed by atoms with Crippen molar-refractivity contribution < 1.29 is 22.4 Å². The normalized spacial score (nSPS) is 16.8. The van der Waals surface area contributed by atoms with Crippen LogP contribution in [0.5, 0.6) is 0 Å². The van der Waals surface area contributed by atoms with Crippen molar-refractivity contribution in [2.45, 2.75) is 24.7 Å². The smallest absolute Gasteiger partial charge is 0.261 e. The number of rotatable bonds is 5. The number of sulfonamides is 1. The highest BCUT2D eigenvalue weighted by Crippen LogP contribution is 2.31. The third-order valence-electron chi connectivity index (χ3n) is 5.65. The van der Waals surface area contributed by atoms with E-state index < -0.39 is 15.8 Å². The van der Waals surface area contributed by atoms with Crippen LogP contribution in [0.3, 0.4) is 0 Å². The van der Waals surface area contributed by atoms with Gasteiger partial charge in [0.1, 0.15) is 5.82 Å². The molecule has 2 aromatic carbocycles. The van der Waals surface area contributed by atoms with Crippen LogP contribution in [0.2, 0.25) is 0 Å². The highest BCUT2D eigenvalue weighted by Gasteiger charge is 2.35. The molecular weight excluding hydrogens is 421 g/mol. The van der Waals surface area contributed by atoms with Gasteiger partial charge in [0.25, 0.3) is 15.9 Å². The first-order valence-electron chi connectivity index (χ1n) is 10.2. The van der Waals surface area contributed by atoms with Gasteiger partial charge in [-0.2, -0.15) is 0 Å². The minimum absolute atomic E-state index is 0.0825. The van der Waals surface area contributed by atoms with Crippen LogP contribution in [0.1, 0.15) is 28.8 Å². The van der Waals surface area contributed by atoms with Crippen molar-refractivity contribution in [1.82, 2.24) is 9.80 Å². The first kappa shape index (κ1) is 21.3. The second-order valence-corrected chi connectivity index (χ2v) is 9.64. The number of para-hydroxylation sites is 1. The van der Waals surface area contributed by atoms with E-state index in [9.17, 15) is 22.4 Å². The van der Waals surface area contributed by atoms with Gasteiger partial charge in [0.05, 0.1) is 16.1 Å². The van der Waals surface area contributed by atoms with Crippen LogP contribution in [-0.4, -0.2) is 56.2 Å². The monoisotopic (exact) mass is 445 g/mol. The number of benzene rings is 2. The Labute approximate surface area is 180 Å². The lowest BCUT2D eigenvalue weighted by molar-refractivity contribution is -0.134. The quantitative estimate of drug-likeness (QED) is 0.767. The largest absolute Gasteiger partial charge is 0.339 e. The molecule has 0 spiro atoms. The van der Waals surface area contributed by atoms with Gasteiger partial charge in [0.15, 0.2) is 0 Å². The summed E-state index contributed by atoms with van der Waals surface area (Å²) in [6.07, 6.45) is 1.89. The van der Waals surface area contributed by atoms with Gasteiger partial charge in [-0.05, 0) is 55.7 Å². The molecule has 2 fully saturated rings. The van der Waals surface area contributed by atoms with Crippen LogP contribution >= 0.6 is 0 Å². The molecule has 1 aliphatic heterocycles. The van der Waals surface area contributed by atoms with E-state index in [1.54, 1.807) is 28.0 Å². The molecule has 1 aliphatic carbocycles. The average molecular weight is 446 g/mol. The molecule has 2 aromatic rings. The molecule has 7 nitrogen and oxygen atoms in total. The number of aryl methyl sites for hydroxylation is 1. The number of hydrogen-bond acceptors (Lipinski definition) is 4. The molecule has 1 saturated heterocycles. The van der Waals surface area contributed by atoms with Crippen LogP contribution in [-0.2, 0) is 14.8 Å². The van der Waals surface area contributed by atoms with E-state index in [0.717, 1.165) is 18.9 Å². The van der Waals surface area contributed by atoms with Gasteiger partial charge in [-0.1, -0.05) is 12.1 Å². The number of amides is 2. The summed E-state index contributed by atoms with van der Waals surface area (Å²) in [5, 5.41) is 0. The summed E-state index contributed by atoms with van der Waals surface area (Å²) in [4.78, 5) is 28.7. The lowest BCUT2D eigenvalue weighted by Gasteiger charge is -2.35. The number of carbonyl (C=O) groups excluding carboxylic acids is 2. The Morgan fingerprint density at radius 1 is 1.00 bits per heavy atom. The van der Waals surface area contributed by atoms with Gasteiger partial charge in [-0.3, -0.25) is 14.3 Å². The Kier molecular flexibility index (Phi) is 5.70. The molecule has 9 heteroatoms. The molecular formula is C22H24FN3O4S. The summed E-state index contributed by atoms with van der Waals surface area (Å²) in [6, 6.07) is 9.93. The van der Waals surface area contributed by atoms with Gasteiger partial charge in [0, 0.05) is 32.1 Å². The lowest BCUT2D eigenvalue weighted by Crippen LogP contribution is -2.51. The van der Waals surface area contributed by atoms with Crippen molar-refractivity contribution >= 4 is 27.5 Å². The Morgan fingerprint density at radius 2 is 1.65 bits per heavy atom. The molecule has 4 rings (SSSR count). The predicted octanol–water partition coefficient (Wildman–Crippen LogP) is 2.63. The molecule has 0 aromatic heterocycles. The van der Waals surface area contributed by atoms with E-state index in [-0.39, 0.29) is 39.4 Å². The first-order valence-corrected chi connectivity index (χ1v) is 11.7. The van der Waals surface area contributed by atoms with Gasteiger partial charge >= 0.3 is 0 Å². The molecule has 164 valence electrons. The van der Waals surface area contributed by atoms with Gasteiger partial charge in [0.2, 0.25) is 5.91 Å². The van der Waals surface area contributed by atoms with Crippen LogP contribution in [0.4, 0.5) is 10.1 Å². The van der Waals surface area contributed by atoms with Crippen LogP contribution < -0.4 is 4.72 Å². The fourth-order valence-corrected chi connectivity index (χ4v) is 4.80. The van der Waals surface area contributed by atoms with E-state index >= 15 is 0 Å². The first-order chi connectivity index (χ1) is 14.8. The highest BCUT2D eigenvalue weighted by molar-refractivity contribution is 7.92. The molecule has 0 radical (unpaired) electrons. The topological polar surface area (TPSA) is 86.8 Å². The minimum atomic E-state index is -4.00. The number of anilines is 1.